The number of esters is 1. The molecule has 3 rings (SSSR count). The van der Waals surface area contributed by atoms with Crippen molar-refractivity contribution in [3.63, 3.8) is 0 Å². The van der Waals surface area contributed by atoms with Gasteiger partial charge in [0.15, 0.2) is 6.10 Å². The van der Waals surface area contributed by atoms with Crippen molar-refractivity contribution in [1.82, 2.24) is 0 Å². The molecule has 158 valence electrons. The molecule has 29 heavy (non-hydrogen) atoms. The Bertz CT molecular complexity index is 853. The van der Waals surface area contributed by atoms with Crippen molar-refractivity contribution in [3.8, 4) is 17.2 Å². The van der Waals surface area contributed by atoms with Gasteiger partial charge >= 0.3 is 5.97 Å². The standard InChI is InChI=1S/C16H22O3.C8H10O2/c1-15(2,3)9-7-10-12(17)14(18)19-13(10)11(8-9)16(4,5)6;1-9-7-4-3-5-8(6-7)10-2/h7-8,12,17H,1-6H3;3-6H,1-2H3. The zero-order valence-corrected chi connectivity index (χ0v) is 18.6. The van der Waals surface area contributed by atoms with Crippen molar-refractivity contribution < 1.29 is 24.1 Å². The van der Waals surface area contributed by atoms with E-state index in [0.717, 1.165) is 22.6 Å². The highest BCUT2D eigenvalue weighted by atomic mass is 16.6. The summed E-state index contributed by atoms with van der Waals surface area (Å²) in [4.78, 5) is 11.6. The molecule has 0 radical (unpaired) electrons. The van der Waals surface area contributed by atoms with Gasteiger partial charge in [-0.1, -0.05) is 53.7 Å². The predicted molar refractivity (Wildman–Crippen MR) is 114 cm³/mol. The number of rotatable bonds is 2. The van der Waals surface area contributed by atoms with E-state index in [-0.39, 0.29) is 10.8 Å². The van der Waals surface area contributed by atoms with Crippen LogP contribution in [0.15, 0.2) is 36.4 Å². The fourth-order valence-corrected chi connectivity index (χ4v) is 2.97. The van der Waals surface area contributed by atoms with Crippen molar-refractivity contribution in [1.29, 1.82) is 0 Å². The second-order valence-electron chi connectivity index (χ2n) is 9.15. The minimum atomic E-state index is -1.15. The summed E-state index contributed by atoms with van der Waals surface area (Å²) < 4.78 is 15.2. The van der Waals surface area contributed by atoms with Crippen LogP contribution in [0.3, 0.4) is 0 Å². The van der Waals surface area contributed by atoms with E-state index in [0.29, 0.717) is 11.3 Å². The molecule has 5 heteroatoms. The maximum atomic E-state index is 11.6. The minimum Gasteiger partial charge on any atom is -0.497 e. The molecule has 0 spiro atoms. The fourth-order valence-electron chi connectivity index (χ4n) is 2.97. The molecule has 2 aromatic rings. The van der Waals surface area contributed by atoms with Gasteiger partial charge < -0.3 is 19.3 Å². The first-order valence-corrected chi connectivity index (χ1v) is 9.65. The van der Waals surface area contributed by atoms with E-state index in [1.54, 1.807) is 14.2 Å². The van der Waals surface area contributed by atoms with Gasteiger partial charge in [-0.3, -0.25) is 0 Å². The second kappa shape index (κ2) is 8.46. The molecule has 0 fully saturated rings. The number of fused-ring (bicyclic) bond motifs is 1. The van der Waals surface area contributed by atoms with Gasteiger partial charge in [-0.15, -0.1) is 0 Å². The molecule has 5 nitrogen and oxygen atoms in total. The fraction of sp³-hybridized carbons (Fsp3) is 0.458. The molecule has 0 aromatic heterocycles. The third kappa shape index (κ3) is 5.30. The third-order valence-corrected chi connectivity index (χ3v) is 4.79. The van der Waals surface area contributed by atoms with Crippen LogP contribution in [0.25, 0.3) is 0 Å². The van der Waals surface area contributed by atoms with Crippen LogP contribution in [0, 0.1) is 0 Å². The number of ether oxygens (including phenoxy) is 3. The lowest BCUT2D eigenvalue weighted by molar-refractivity contribution is -0.141. The lowest BCUT2D eigenvalue weighted by atomic mass is 9.78. The van der Waals surface area contributed by atoms with Gasteiger partial charge in [0.2, 0.25) is 0 Å². The van der Waals surface area contributed by atoms with Crippen molar-refractivity contribution in [2.45, 2.75) is 58.5 Å². The number of aliphatic hydroxyl groups excluding tert-OH is 1. The Labute approximate surface area is 173 Å². The lowest BCUT2D eigenvalue weighted by Gasteiger charge is -2.26. The molecular formula is C24H32O5. The zero-order chi connectivity index (χ0) is 22.0. The molecule has 1 heterocycles. The van der Waals surface area contributed by atoms with E-state index in [9.17, 15) is 9.90 Å². The molecule has 0 saturated heterocycles. The minimum absolute atomic E-state index is 0.0413. The lowest BCUT2D eigenvalue weighted by Crippen LogP contribution is -2.17. The van der Waals surface area contributed by atoms with Gasteiger partial charge in [0.25, 0.3) is 0 Å². The van der Waals surface area contributed by atoms with Crippen LogP contribution in [0.4, 0.5) is 0 Å². The summed E-state index contributed by atoms with van der Waals surface area (Å²) in [5.74, 6) is 1.60. The molecule has 1 atom stereocenters. The van der Waals surface area contributed by atoms with Crippen LogP contribution in [0.5, 0.6) is 17.2 Å². The largest absolute Gasteiger partial charge is 0.497 e. The summed E-state index contributed by atoms with van der Waals surface area (Å²) in [5.41, 5.74) is 2.49. The van der Waals surface area contributed by atoms with Crippen molar-refractivity contribution in [2.24, 2.45) is 0 Å². The number of carbonyl (C=O) groups is 1. The van der Waals surface area contributed by atoms with E-state index in [1.807, 2.05) is 30.3 Å². The number of benzene rings is 2. The Morgan fingerprint density at radius 2 is 1.45 bits per heavy atom. The monoisotopic (exact) mass is 400 g/mol. The number of carbonyl (C=O) groups excluding carboxylic acids is 1. The second-order valence-corrected chi connectivity index (χ2v) is 9.15. The molecular weight excluding hydrogens is 368 g/mol. The zero-order valence-electron chi connectivity index (χ0n) is 18.6. The summed E-state index contributed by atoms with van der Waals surface area (Å²) in [6, 6.07) is 11.5. The highest BCUT2D eigenvalue weighted by molar-refractivity contribution is 5.85. The van der Waals surface area contributed by atoms with Crippen LogP contribution in [0.1, 0.15) is 64.3 Å². The molecule has 1 aliphatic rings. The van der Waals surface area contributed by atoms with Crippen LogP contribution in [-0.2, 0) is 15.6 Å². The molecule has 2 aromatic carbocycles. The highest BCUT2D eigenvalue weighted by Gasteiger charge is 2.37. The molecule has 1 N–H and O–H groups in total. The Balaban J connectivity index is 0.000000253. The smallest absolute Gasteiger partial charge is 0.345 e. The summed E-state index contributed by atoms with van der Waals surface area (Å²) in [7, 11) is 3.27. The van der Waals surface area contributed by atoms with Crippen LogP contribution in [-0.4, -0.2) is 25.3 Å². The van der Waals surface area contributed by atoms with E-state index in [4.69, 9.17) is 14.2 Å². The Kier molecular flexibility index (Phi) is 6.63. The molecule has 0 bridgehead atoms. The Morgan fingerprint density at radius 3 is 1.90 bits per heavy atom. The van der Waals surface area contributed by atoms with Gasteiger partial charge in [-0.25, -0.2) is 4.79 Å². The molecule has 0 amide bonds. The number of aliphatic hydroxyl groups is 1. The van der Waals surface area contributed by atoms with Crippen LogP contribution < -0.4 is 14.2 Å². The summed E-state index contributed by atoms with van der Waals surface area (Å²) in [6.07, 6.45) is -1.15. The van der Waals surface area contributed by atoms with E-state index < -0.39 is 12.1 Å². The maximum absolute atomic E-state index is 11.6. The predicted octanol–water partition coefficient (Wildman–Crippen LogP) is 4.94. The SMILES string of the molecule is CC(C)(C)c1cc2c(c(C(C)(C)C)c1)OC(=O)C2O.COc1cccc(OC)c1. The summed E-state index contributed by atoms with van der Waals surface area (Å²) in [5, 5.41) is 9.96. The van der Waals surface area contributed by atoms with Gasteiger partial charge in [-0.2, -0.15) is 0 Å². The first-order valence-electron chi connectivity index (χ1n) is 9.65. The average Bonchev–Trinajstić information content (AvgIpc) is 2.94. The van der Waals surface area contributed by atoms with Gasteiger partial charge in [0.1, 0.15) is 17.2 Å². The third-order valence-electron chi connectivity index (χ3n) is 4.79. The van der Waals surface area contributed by atoms with Crippen molar-refractivity contribution in [2.75, 3.05) is 14.2 Å². The molecule has 1 unspecified atom stereocenters. The van der Waals surface area contributed by atoms with Gasteiger partial charge in [0.05, 0.1) is 14.2 Å². The topological polar surface area (TPSA) is 65.0 Å². The molecule has 1 aliphatic heterocycles. The Hall–Kier alpha value is -2.53. The normalized spacial score (nSPS) is 15.8. The molecule has 0 aliphatic carbocycles. The number of methoxy groups -OCH3 is 2. The van der Waals surface area contributed by atoms with Crippen LogP contribution in [0.2, 0.25) is 0 Å². The first kappa shape index (κ1) is 22.8. The van der Waals surface area contributed by atoms with E-state index in [1.165, 1.54) is 0 Å². The Morgan fingerprint density at radius 1 is 0.897 bits per heavy atom. The summed E-state index contributed by atoms with van der Waals surface area (Å²) >= 11 is 0. The highest BCUT2D eigenvalue weighted by Crippen LogP contribution is 2.44. The summed E-state index contributed by atoms with van der Waals surface area (Å²) in [6.45, 7) is 12.6. The van der Waals surface area contributed by atoms with Crippen molar-refractivity contribution >= 4 is 5.97 Å². The quantitative estimate of drug-likeness (QED) is 0.571. The number of hydrogen-bond donors (Lipinski definition) is 1. The van der Waals surface area contributed by atoms with Gasteiger partial charge in [0, 0.05) is 17.2 Å². The van der Waals surface area contributed by atoms with Crippen LogP contribution >= 0.6 is 0 Å². The average molecular weight is 401 g/mol. The van der Waals surface area contributed by atoms with Crippen molar-refractivity contribution in [3.05, 3.63) is 53.1 Å². The van der Waals surface area contributed by atoms with Gasteiger partial charge in [-0.05, 0) is 34.6 Å². The van der Waals surface area contributed by atoms with E-state index >= 15 is 0 Å². The maximum Gasteiger partial charge on any atom is 0.345 e. The number of hydrogen-bond acceptors (Lipinski definition) is 5. The first-order chi connectivity index (χ1) is 13.4. The molecule has 0 saturated carbocycles. The van der Waals surface area contributed by atoms with E-state index in [2.05, 4.69) is 47.6 Å².